The van der Waals surface area contributed by atoms with Gasteiger partial charge in [-0.1, -0.05) is 11.6 Å². The van der Waals surface area contributed by atoms with Gasteiger partial charge in [-0.15, -0.1) is 0 Å². The van der Waals surface area contributed by atoms with Gasteiger partial charge in [0.1, 0.15) is 0 Å². The summed E-state index contributed by atoms with van der Waals surface area (Å²) in [4.78, 5) is 11.8. The van der Waals surface area contributed by atoms with Crippen molar-refractivity contribution < 1.29 is 4.79 Å². The normalized spacial score (nSPS) is 10.3. The van der Waals surface area contributed by atoms with Crippen LogP contribution in [-0.4, -0.2) is 15.7 Å². The maximum Gasteiger partial charge on any atom is 0.258 e. The van der Waals surface area contributed by atoms with Crippen LogP contribution < -0.4 is 5.32 Å². The molecule has 1 amide bonds. The van der Waals surface area contributed by atoms with E-state index in [0.717, 1.165) is 4.47 Å². The second-order valence-corrected chi connectivity index (χ2v) is 4.75. The minimum absolute atomic E-state index is 0.202. The van der Waals surface area contributed by atoms with Gasteiger partial charge in [-0.05, 0) is 34.1 Å². The second-order valence-electron chi connectivity index (χ2n) is 3.49. The molecule has 6 heteroatoms. The first kappa shape index (κ1) is 12.1. The minimum Gasteiger partial charge on any atom is -0.322 e. The average molecular weight is 315 g/mol. The lowest BCUT2D eigenvalue weighted by Gasteiger charge is -2.04. The third kappa shape index (κ3) is 2.87. The lowest BCUT2D eigenvalue weighted by Crippen LogP contribution is -2.10. The SMILES string of the molecule is Cn1cc(C(=O)Nc2ccc(Cl)c(Br)c2)cn1. The van der Waals surface area contributed by atoms with E-state index >= 15 is 0 Å². The minimum atomic E-state index is -0.202. The van der Waals surface area contributed by atoms with Gasteiger partial charge in [0, 0.05) is 23.4 Å². The molecule has 0 saturated carbocycles. The van der Waals surface area contributed by atoms with E-state index in [1.807, 2.05) is 0 Å². The topological polar surface area (TPSA) is 46.9 Å². The van der Waals surface area contributed by atoms with Gasteiger partial charge < -0.3 is 5.32 Å². The van der Waals surface area contributed by atoms with E-state index < -0.39 is 0 Å². The van der Waals surface area contributed by atoms with E-state index in [1.54, 1.807) is 36.1 Å². The molecular weight excluding hydrogens is 305 g/mol. The third-order valence-corrected chi connectivity index (χ3v) is 3.36. The van der Waals surface area contributed by atoms with Crippen LogP contribution in [0.4, 0.5) is 5.69 Å². The number of carbonyl (C=O) groups excluding carboxylic acids is 1. The lowest BCUT2D eigenvalue weighted by molar-refractivity contribution is 0.102. The number of aromatic nitrogens is 2. The van der Waals surface area contributed by atoms with Gasteiger partial charge >= 0.3 is 0 Å². The Hall–Kier alpha value is -1.33. The van der Waals surface area contributed by atoms with E-state index in [0.29, 0.717) is 16.3 Å². The van der Waals surface area contributed by atoms with Gasteiger partial charge in [0.25, 0.3) is 5.91 Å². The Morgan fingerprint density at radius 3 is 2.88 bits per heavy atom. The molecule has 1 aromatic carbocycles. The number of carbonyl (C=O) groups is 1. The zero-order chi connectivity index (χ0) is 12.4. The summed E-state index contributed by atoms with van der Waals surface area (Å²) in [6, 6.07) is 5.20. The van der Waals surface area contributed by atoms with Crippen molar-refractivity contribution in [3.05, 3.63) is 45.7 Å². The number of halogens is 2. The number of nitrogens with one attached hydrogen (secondary N) is 1. The van der Waals surface area contributed by atoms with Gasteiger partial charge in [-0.25, -0.2) is 0 Å². The van der Waals surface area contributed by atoms with Crippen molar-refractivity contribution in [1.82, 2.24) is 9.78 Å². The van der Waals surface area contributed by atoms with Gasteiger partial charge in [0.2, 0.25) is 0 Å². The van der Waals surface area contributed by atoms with E-state index in [1.165, 1.54) is 6.20 Å². The van der Waals surface area contributed by atoms with E-state index in [9.17, 15) is 4.79 Å². The number of hydrogen-bond acceptors (Lipinski definition) is 2. The highest BCUT2D eigenvalue weighted by molar-refractivity contribution is 9.10. The fourth-order valence-electron chi connectivity index (χ4n) is 1.32. The first-order valence-corrected chi connectivity index (χ1v) is 5.98. The molecule has 0 atom stereocenters. The monoisotopic (exact) mass is 313 g/mol. The molecule has 0 aliphatic rings. The summed E-state index contributed by atoms with van der Waals surface area (Å²) in [6.07, 6.45) is 3.17. The van der Waals surface area contributed by atoms with Gasteiger partial charge in [-0.3, -0.25) is 9.48 Å². The zero-order valence-electron chi connectivity index (χ0n) is 8.95. The van der Waals surface area contributed by atoms with E-state index in [-0.39, 0.29) is 5.91 Å². The van der Waals surface area contributed by atoms with Crippen LogP contribution in [0.2, 0.25) is 5.02 Å². The van der Waals surface area contributed by atoms with E-state index in [2.05, 4.69) is 26.3 Å². The summed E-state index contributed by atoms with van der Waals surface area (Å²) in [5, 5.41) is 7.30. The summed E-state index contributed by atoms with van der Waals surface area (Å²) in [7, 11) is 1.76. The molecule has 0 saturated heterocycles. The highest BCUT2D eigenvalue weighted by atomic mass is 79.9. The zero-order valence-corrected chi connectivity index (χ0v) is 11.3. The molecule has 1 N–H and O–H groups in total. The fourth-order valence-corrected chi connectivity index (χ4v) is 1.81. The van der Waals surface area contributed by atoms with Crippen molar-refractivity contribution in [2.45, 2.75) is 0 Å². The molecule has 0 radical (unpaired) electrons. The van der Waals surface area contributed by atoms with Crippen LogP contribution in [0, 0.1) is 0 Å². The summed E-state index contributed by atoms with van der Waals surface area (Å²) in [6.45, 7) is 0. The van der Waals surface area contributed by atoms with Crippen molar-refractivity contribution in [1.29, 1.82) is 0 Å². The Bertz CT molecular complexity index is 568. The van der Waals surface area contributed by atoms with Crippen molar-refractivity contribution >= 4 is 39.1 Å². The fraction of sp³-hybridized carbons (Fsp3) is 0.0909. The first-order valence-electron chi connectivity index (χ1n) is 4.81. The quantitative estimate of drug-likeness (QED) is 0.926. The van der Waals surface area contributed by atoms with Crippen LogP contribution in [0.25, 0.3) is 0 Å². The largest absolute Gasteiger partial charge is 0.322 e. The maximum absolute atomic E-state index is 11.8. The van der Waals surface area contributed by atoms with Crippen molar-refractivity contribution in [2.75, 3.05) is 5.32 Å². The molecular formula is C11H9BrClN3O. The third-order valence-electron chi connectivity index (χ3n) is 2.14. The highest BCUT2D eigenvalue weighted by Crippen LogP contribution is 2.25. The van der Waals surface area contributed by atoms with Gasteiger partial charge in [0.05, 0.1) is 16.8 Å². The summed E-state index contributed by atoms with van der Waals surface area (Å²) >= 11 is 9.16. The number of nitrogens with zero attached hydrogens (tertiary/aromatic N) is 2. The molecule has 88 valence electrons. The van der Waals surface area contributed by atoms with Gasteiger partial charge in [-0.2, -0.15) is 5.10 Å². The molecule has 2 aromatic rings. The Kier molecular flexibility index (Phi) is 3.49. The van der Waals surface area contributed by atoms with Gasteiger partial charge in [0.15, 0.2) is 0 Å². The maximum atomic E-state index is 11.8. The molecule has 0 spiro atoms. The molecule has 0 aliphatic heterocycles. The summed E-state index contributed by atoms with van der Waals surface area (Å²) < 4.78 is 2.32. The molecule has 2 rings (SSSR count). The molecule has 0 bridgehead atoms. The van der Waals surface area contributed by atoms with Crippen molar-refractivity contribution in [3.8, 4) is 0 Å². The predicted octanol–water partition coefficient (Wildman–Crippen LogP) is 3.09. The van der Waals surface area contributed by atoms with E-state index in [4.69, 9.17) is 11.6 Å². The first-order chi connectivity index (χ1) is 8.06. The molecule has 0 fully saturated rings. The number of anilines is 1. The molecule has 1 heterocycles. The van der Waals surface area contributed by atoms with Crippen LogP contribution >= 0.6 is 27.5 Å². The molecule has 4 nitrogen and oxygen atoms in total. The second kappa shape index (κ2) is 4.89. The molecule has 1 aromatic heterocycles. The summed E-state index contributed by atoms with van der Waals surface area (Å²) in [5.74, 6) is -0.202. The van der Waals surface area contributed by atoms with Crippen LogP contribution in [-0.2, 0) is 7.05 Å². The number of benzene rings is 1. The standard InChI is InChI=1S/C11H9BrClN3O/c1-16-6-7(5-14-16)11(17)15-8-2-3-10(13)9(12)4-8/h2-6H,1H3,(H,15,17). The smallest absolute Gasteiger partial charge is 0.258 e. The van der Waals surface area contributed by atoms with Crippen LogP contribution in [0.5, 0.6) is 0 Å². The average Bonchev–Trinajstić information content (AvgIpc) is 2.70. The number of amides is 1. The molecule has 17 heavy (non-hydrogen) atoms. The van der Waals surface area contributed by atoms with Crippen LogP contribution in [0.3, 0.4) is 0 Å². The predicted molar refractivity (Wildman–Crippen MR) is 70.3 cm³/mol. The van der Waals surface area contributed by atoms with Crippen molar-refractivity contribution in [2.24, 2.45) is 7.05 Å². The lowest BCUT2D eigenvalue weighted by atomic mass is 10.3. The van der Waals surface area contributed by atoms with Crippen molar-refractivity contribution in [3.63, 3.8) is 0 Å². The number of hydrogen-bond donors (Lipinski definition) is 1. The Morgan fingerprint density at radius 1 is 1.53 bits per heavy atom. The highest BCUT2D eigenvalue weighted by Gasteiger charge is 2.08. The summed E-state index contributed by atoms with van der Waals surface area (Å²) in [5.41, 5.74) is 1.19. The molecule has 0 aliphatic carbocycles. The van der Waals surface area contributed by atoms with Crippen LogP contribution in [0.15, 0.2) is 35.1 Å². The Morgan fingerprint density at radius 2 is 2.29 bits per heavy atom. The Balaban J connectivity index is 2.15. The Labute approximate surface area is 112 Å². The van der Waals surface area contributed by atoms with Crippen LogP contribution in [0.1, 0.15) is 10.4 Å². The number of aryl methyl sites for hydroxylation is 1. The number of rotatable bonds is 2. The molecule has 0 unspecified atom stereocenters.